The topological polar surface area (TPSA) is 234 Å². The highest BCUT2D eigenvalue weighted by atomic mass is 16.5. The number of unbranched alkanes of at least 4 members (excludes halogenated alkanes) is 2. The Kier molecular flexibility index (Phi) is 16.5. The first kappa shape index (κ1) is 38.6. The van der Waals surface area contributed by atoms with Gasteiger partial charge in [-0.3, -0.25) is 38.8 Å². The molecule has 0 heterocycles. The number of benzene rings is 2. The van der Waals surface area contributed by atoms with Crippen molar-refractivity contribution < 1.29 is 43.9 Å². The molecule has 14 heteroatoms. The van der Waals surface area contributed by atoms with Crippen molar-refractivity contribution in [2.45, 2.75) is 69.9 Å². The van der Waals surface area contributed by atoms with Crippen LogP contribution in [0.15, 0.2) is 54.6 Å². The second kappa shape index (κ2) is 20.5. The lowest BCUT2D eigenvalue weighted by Crippen LogP contribution is -2.54. The third-order valence-electron chi connectivity index (χ3n) is 7.30. The monoisotopic (exact) mass is 663 g/mol. The van der Waals surface area contributed by atoms with Gasteiger partial charge in [0.2, 0.25) is 29.5 Å². The highest BCUT2D eigenvalue weighted by Crippen LogP contribution is 2.15. The molecule has 0 spiro atoms. The fraction of sp³-hybridized carbons (Fsp3) is 0.382. The zero-order valence-corrected chi connectivity index (χ0v) is 26.4. The highest BCUT2D eigenvalue weighted by Gasteiger charge is 2.31. The van der Waals surface area contributed by atoms with Crippen molar-refractivity contribution in [1.82, 2.24) is 21.4 Å². The molecule has 2 aromatic carbocycles. The van der Waals surface area contributed by atoms with E-state index < -0.39 is 60.4 Å². The van der Waals surface area contributed by atoms with Gasteiger partial charge in [-0.15, -0.1) is 12.3 Å². The van der Waals surface area contributed by atoms with E-state index >= 15 is 0 Å². The van der Waals surface area contributed by atoms with Crippen LogP contribution >= 0.6 is 0 Å². The average molecular weight is 664 g/mol. The Hall–Kier alpha value is -5.55. The molecule has 0 bridgehead atoms. The summed E-state index contributed by atoms with van der Waals surface area (Å²) >= 11 is 0. The van der Waals surface area contributed by atoms with Crippen LogP contribution in [0.4, 0.5) is 0 Å². The molecule has 0 aliphatic rings. The Morgan fingerprint density at radius 3 is 2.04 bits per heavy atom. The molecule has 0 aliphatic carbocycles. The molecule has 3 atom stereocenters. The van der Waals surface area contributed by atoms with E-state index in [-0.39, 0.29) is 24.5 Å². The molecule has 5 amide bonds. The van der Waals surface area contributed by atoms with E-state index in [9.17, 15) is 38.7 Å². The van der Waals surface area contributed by atoms with E-state index in [0.717, 1.165) is 0 Å². The number of ketones is 1. The van der Waals surface area contributed by atoms with Gasteiger partial charge in [0, 0.05) is 43.4 Å². The minimum absolute atomic E-state index is 0.128. The Morgan fingerprint density at radius 2 is 1.44 bits per heavy atom. The number of hydrogen-bond acceptors (Lipinski definition) is 8. The fourth-order valence-corrected chi connectivity index (χ4v) is 4.72. The zero-order valence-electron chi connectivity index (χ0n) is 26.4. The van der Waals surface area contributed by atoms with Crippen molar-refractivity contribution in [2.24, 2.45) is 11.7 Å². The minimum atomic E-state index is -1.44. The molecule has 0 fully saturated rings. The van der Waals surface area contributed by atoms with Crippen molar-refractivity contribution >= 4 is 41.3 Å². The Bertz CT molecular complexity index is 1470. The Labute approximate surface area is 278 Å². The van der Waals surface area contributed by atoms with Gasteiger partial charge in [0.05, 0.1) is 12.3 Å². The van der Waals surface area contributed by atoms with Crippen LogP contribution in [0.5, 0.6) is 0 Å². The molecule has 8 N–H and O–H groups in total. The summed E-state index contributed by atoms with van der Waals surface area (Å²) in [5, 5.41) is 25.9. The number of nitrogens with two attached hydrogens (primary N) is 1. The summed E-state index contributed by atoms with van der Waals surface area (Å²) in [5.41, 5.74) is 8.26. The van der Waals surface area contributed by atoms with E-state index in [0.29, 0.717) is 55.3 Å². The van der Waals surface area contributed by atoms with Gasteiger partial charge in [0.1, 0.15) is 12.1 Å². The predicted molar refractivity (Wildman–Crippen MR) is 173 cm³/mol. The summed E-state index contributed by atoms with van der Waals surface area (Å²) in [6, 6.07) is 12.4. The van der Waals surface area contributed by atoms with E-state index in [1.54, 1.807) is 54.6 Å². The number of nitrogens with one attached hydrogen (secondary N) is 4. The van der Waals surface area contributed by atoms with Crippen LogP contribution in [0.3, 0.4) is 0 Å². The van der Waals surface area contributed by atoms with Crippen LogP contribution in [0, 0.1) is 18.3 Å². The number of carbonyl (C=O) groups is 7. The van der Waals surface area contributed by atoms with Crippen LogP contribution in [0.1, 0.15) is 72.9 Å². The molecule has 0 radical (unpaired) electrons. The number of carboxylic acids is 1. The molecule has 256 valence electrons. The van der Waals surface area contributed by atoms with Gasteiger partial charge in [-0.05, 0) is 31.2 Å². The van der Waals surface area contributed by atoms with E-state index in [4.69, 9.17) is 17.4 Å². The summed E-state index contributed by atoms with van der Waals surface area (Å²) in [7, 11) is 0. The first-order valence-corrected chi connectivity index (χ1v) is 15.4. The van der Waals surface area contributed by atoms with Crippen LogP contribution in [0.2, 0.25) is 0 Å². The van der Waals surface area contributed by atoms with Crippen molar-refractivity contribution in [3.05, 3.63) is 71.3 Å². The van der Waals surface area contributed by atoms with E-state index in [1.165, 1.54) is 5.48 Å². The number of amides is 5. The molecule has 1 unspecified atom stereocenters. The standard InChI is InChI=1S/C34H41N5O9/c1-2-3-5-13-28(40)36-18-9-8-12-26(32(35)45)37-34(47)27(38-33(46)25(21-30(42)43)20-29(41)39-48)19-22-14-16-24(17-15-22)31(44)23-10-6-4-7-11-23/h1,4,6-7,10-11,14-17,25-27,48H,3,5,8-9,12-13,18-21H2,(H2,35,45)(H,36,40)(H,37,47)(H,38,46)(H,39,41)(H,42,43)/t25-,26?,27+/m1/s1. The lowest BCUT2D eigenvalue weighted by Gasteiger charge is -2.24. The van der Waals surface area contributed by atoms with Gasteiger partial charge in [0.15, 0.2) is 5.78 Å². The molecule has 48 heavy (non-hydrogen) atoms. The molecule has 0 aromatic heterocycles. The minimum Gasteiger partial charge on any atom is -0.481 e. The van der Waals surface area contributed by atoms with Crippen molar-refractivity contribution in [2.75, 3.05) is 6.54 Å². The van der Waals surface area contributed by atoms with Crippen molar-refractivity contribution in [3.8, 4) is 12.3 Å². The fourth-order valence-electron chi connectivity index (χ4n) is 4.72. The summed E-state index contributed by atoms with van der Waals surface area (Å²) in [4.78, 5) is 86.7. The zero-order chi connectivity index (χ0) is 35.5. The van der Waals surface area contributed by atoms with Gasteiger partial charge in [-0.1, -0.05) is 54.6 Å². The first-order valence-electron chi connectivity index (χ1n) is 15.4. The quantitative estimate of drug-likeness (QED) is 0.0331. The first-order chi connectivity index (χ1) is 22.9. The van der Waals surface area contributed by atoms with Crippen molar-refractivity contribution in [1.29, 1.82) is 0 Å². The molecular formula is C34H41N5O9. The smallest absolute Gasteiger partial charge is 0.304 e. The van der Waals surface area contributed by atoms with Crippen molar-refractivity contribution in [3.63, 3.8) is 0 Å². The SMILES string of the molecule is C#CCCCC(=O)NCCCCC(NC(=O)[C@H](Cc1ccc(C(=O)c2ccccc2)cc1)NC(=O)[C@@H](CC(=O)O)CC(=O)NO)C(N)=O. The normalized spacial score (nSPS) is 12.3. The van der Waals surface area contributed by atoms with Crippen LogP contribution < -0.4 is 27.2 Å². The van der Waals surface area contributed by atoms with Gasteiger partial charge < -0.3 is 26.8 Å². The largest absolute Gasteiger partial charge is 0.481 e. The molecule has 14 nitrogen and oxygen atoms in total. The Morgan fingerprint density at radius 1 is 0.792 bits per heavy atom. The predicted octanol–water partition coefficient (Wildman–Crippen LogP) is 0.991. The number of hydroxylamine groups is 1. The summed E-state index contributed by atoms with van der Waals surface area (Å²) in [6.45, 7) is 0.335. The Balaban J connectivity index is 2.18. The summed E-state index contributed by atoms with van der Waals surface area (Å²) < 4.78 is 0. The number of carboxylic acid groups (broad SMARTS) is 1. The second-order valence-electron chi connectivity index (χ2n) is 11.1. The third kappa shape index (κ3) is 13.8. The lowest BCUT2D eigenvalue weighted by atomic mass is 9.97. The summed E-state index contributed by atoms with van der Waals surface area (Å²) in [6.07, 6.45) is 5.97. The van der Waals surface area contributed by atoms with Gasteiger partial charge in [-0.25, -0.2) is 5.48 Å². The van der Waals surface area contributed by atoms with Crippen LogP contribution in [-0.4, -0.2) is 70.2 Å². The molecule has 0 saturated heterocycles. The van der Waals surface area contributed by atoms with Crippen LogP contribution in [-0.2, 0) is 35.2 Å². The van der Waals surface area contributed by atoms with Gasteiger partial charge >= 0.3 is 5.97 Å². The number of hydrogen-bond donors (Lipinski definition) is 7. The van der Waals surface area contributed by atoms with Crippen LogP contribution in [0.25, 0.3) is 0 Å². The lowest BCUT2D eigenvalue weighted by molar-refractivity contribution is -0.143. The van der Waals surface area contributed by atoms with Gasteiger partial charge in [0.25, 0.3) is 0 Å². The summed E-state index contributed by atoms with van der Waals surface area (Å²) in [5.74, 6) is -4.35. The number of terminal acetylenes is 1. The maximum Gasteiger partial charge on any atom is 0.304 e. The molecule has 2 aromatic rings. The van der Waals surface area contributed by atoms with E-state index in [1.807, 2.05) is 0 Å². The molecule has 0 aliphatic heterocycles. The van der Waals surface area contributed by atoms with E-state index in [2.05, 4.69) is 21.9 Å². The number of rotatable bonds is 21. The second-order valence-corrected chi connectivity index (χ2v) is 11.1. The maximum atomic E-state index is 13.5. The maximum absolute atomic E-state index is 13.5. The number of aliphatic carboxylic acids is 1. The molecule has 2 rings (SSSR count). The average Bonchev–Trinajstić information content (AvgIpc) is 3.07. The number of carbonyl (C=O) groups excluding carboxylic acids is 6. The number of primary amides is 1. The third-order valence-corrected chi connectivity index (χ3v) is 7.30. The molecular weight excluding hydrogens is 622 g/mol. The highest BCUT2D eigenvalue weighted by molar-refractivity contribution is 6.09. The van der Waals surface area contributed by atoms with Gasteiger partial charge in [-0.2, -0.15) is 0 Å². The molecule has 0 saturated carbocycles.